The molecule has 0 unspecified atom stereocenters. The van der Waals surface area contributed by atoms with E-state index in [0.29, 0.717) is 0 Å². The Morgan fingerprint density at radius 3 is 2.11 bits per heavy atom. The van der Waals surface area contributed by atoms with Crippen LogP contribution in [0.1, 0.15) is 11.3 Å². The fraction of sp³-hybridized carbons (Fsp3) is 0.429. The van der Waals surface area contributed by atoms with Crippen molar-refractivity contribution in [1.29, 1.82) is 0 Å². The van der Waals surface area contributed by atoms with Crippen molar-refractivity contribution in [3.8, 4) is 0 Å². The van der Waals surface area contributed by atoms with Gasteiger partial charge < -0.3 is 4.57 Å². The molecule has 0 fully saturated rings. The predicted molar refractivity (Wildman–Crippen MR) is 39.9 cm³/mol. The van der Waals surface area contributed by atoms with E-state index in [1.807, 2.05) is 17.7 Å². The van der Waals surface area contributed by atoms with Crippen LogP contribution < -0.4 is 0 Å². The number of aryl methyl sites for hydroxylation is 1. The van der Waals surface area contributed by atoms with E-state index < -0.39 is 0 Å². The van der Waals surface area contributed by atoms with Gasteiger partial charge in [-0.05, 0) is 25.5 Å². The summed E-state index contributed by atoms with van der Waals surface area (Å²) >= 11 is 5.80. The average molecular weight is 144 g/mol. The lowest BCUT2D eigenvalue weighted by molar-refractivity contribution is 0.878. The first-order valence-corrected chi connectivity index (χ1v) is 3.29. The first-order valence-electron chi connectivity index (χ1n) is 2.91. The summed E-state index contributed by atoms with van der Waals surface area (Å²) in [6.07, 6.45) is 0. The van der Waals surface area contributed by atoms with Gasteiger partial charge in [0.2, 0.25) is 0 Å². The summed E-state index contributed by atoms with van der Waals surface area (Å²) in [4.78, 5) is 0. The molecule has 0 atom stereocenters. The van der Waals surface area contributed by atoms with Crippen LogP contribution in [0.2, 0.25) is 5.15 Å². The van der Waals surface area contributed by atoms with E-state index in [2.05, 4.69) is 13.8 Å². The molecule has 1 aromatic rings. The van der Waals surface area contributed by atoms with Crippen LogP contribution in [0.5, 0.6) is 0 Å². The Kier molecular flexibility index (Phi) is 1.54. The van der Waals surface area contributed by atoms with Crippen LogP contribution in [0.25, 0.3) is 0 Å². The standard InChI is InChI=1S/C7H10ClN/c1-5-4-7(8)9(3)6(5)2/h4H,1-3H3. The van der Waals surface area contributed by atoms with Crippen LogP contribution in [0.4, 0.5) is 0 Å². The molecule has 0 amide bonds. The number of hydrogen-bond acceptors (Lipinski definition) is 0. The third kappa shape index (κ3) is 0.969. The van der Waals surface area contributed by atoms with E-state index in [9.17, 15) is 0 Å². The molecule has 0 spiro atoms. The summed E-state index contributed by atoms with van der Waals surface area (Å²) in [6.45, 7) is 4.11. The predicted octanol–water partition coefficient (Wildman–Crippen LogP) is 2.30. The zero-order valence-corrected chi connectivity index (χ0v) is 6.66. The van der Waals surface area contributed by atoms with Crippen molar-refractivity contribution in [2.75, 3.05) is 0 Å². The van der Waals surface area contributed by atoms with Crippen LogP contribution >= 0.6 is 11.6 Å². The van der Waals surface area contributed by atoms with Crippen molar-refractivity contribution in [2.45, 2.75) is 13.8 Å². The lowest BCUT2D eigenvalue weighted by atomic mass is 10.3. The minimum Gasteiger partial charge on any atom is -0.339 e. The third-order valence-electron chi connectivity index (χ3n) is 1.73. The molecule has 0 N–H and O–H groups in total. The first-order chi connectivity index (χ1) is 4.13. The highest BCUT2D eigenvalue weighted by atomic mass is 35.5. The summed E-state index contributed by atoms with van der Waals surface area (Å²) < 4.78 is 1.97. The van der Waals surface area contributed by atoms with Crippen LogP contribution in [0.15, 0.2) is 6.07 Å². The SMILES string of the molecule is Cc1cc(Cl)n(C)c1C. The van der Waals surface area contributed by atoms with Crippen LogP contribution in [-0.4, -0.2) is 4.57 Å². The second-order valence-electron chi connectivity index (χ2n) is 2.29. The van der Waals surface area contributed by atoms with E-state index in [4.69, 9.17) is 11.6 Å². The number of aromatic nitrogens is 1. The number of nitrogens with zero attached hydrogens (tertiary/aromatic N) is 1. The van der Waals surface area contributed by atoms with Gasteiger partial charge in [-0.25, -0.2) is 0 Å². The summed E-state index contributed by atoms with van der Waals surface area (Å²) in [7, 11) is 1.96. The Morgan fingerprint density at radius 2 is 2.00 bits per heavy atom. The van der Waals surface area contributed by atoms with Crippen LogP contribution in [-0.2, 0) is 7.05 Å². The minimum absolute atomic E-state index is 0.810. The van der Waals surface area contributed by atoms with Gasteiger partial charge in [0.05, 0.1) is 0 Å². The maximum atomic E-state index is 5.80. The quantitative estimate of drug-likeness (QED) is 0.525. The second kappa shape index (κ2) is 2.07. The number of rotatable bonds is 0. The van der Waals surface area contributed by atoms with Gasteiger partial charge in [0.1, 0.15) is 5.15 Å². The molecule has 0 bridgehead atoms. The molecular formula is C7H10ClN. The highest BCUT2D eigenvalue weighted by molar-refractivity contribution is 6.29. The van der Waals surface area contributed by atoms with E-state index >= 15 is 0 Å². The molecule has 0 saturated heterocycles. The number of halogens is 1. The molecule has 1 heterocycles. The molecule has 50 valence electrons. The van der Waals surface area contributed by atoms with E-state index in [1.54, 1.807) is 0 Å². The Hall–Kier alpha value is -0.430. The molecule has 1 nitrogen and oxygen atoms in total. The molecule has 0 radical (unpaired) electrons. The highest BCUT2D eigenvalue weighted by Crippen LogP contribution is 2.16. The van der Waals surface area contributed by atoms with Crippen molar-refractivity contribution >= 4 is 11.6 Å². The summed E-state index contributed by atoms with van der Waals surface area (Å²) in [5, 5.41) is 0.810. The Balaban J connectivity index is 3.29. The van der Waals surface area contributed by atoms with Crippen molar-refractivity contribution in [2.24, 2.45) is 7.05 Å². The normalized spacial score (nSPS) is 10.2. The fourth-order valence-electron chi connectivity index (χ4n) is 0.805. The summed E-state index contributed by atoms with van der Waals surface area (Å²) in [6, 6.07) is 1.97. The molecule has 0 aliphatic carbocycles. The van der Waals surface area contributed by atoms with Gasteiger partial charge in [-0.2, -0.15) is 0 Å². The van der Waals surface area contributed by atoms with Gasteiger partial charge in [-0.15, -0.1) is 0 Å². The second-order valence-corrected chi connectivity index (χ2v) is 2.68. The van der Waals surface area contributed by atoms with E-state index in [1.165, 1.54) is 11.3 Å². The largest absolute Gasteiger partial charge is 0.339 e. The Labute approximate surface area is 60.2 Å². The monoisotopic (exact) mass is 143 g/mol. The maximum absolute atomic E-state index is 5.80. The molecule has 0 aromatic carbocycles. The number of hydrogen-bond donors (Lipinski definition) is 0. The lowest BCUT2D eigenvalue weighted by Gasteiger charge is -1.96. The molecular weight excluding hydrogens is 134 g/mol. The summed E-state index contributed by atoms with van der Waals surface area (Å²) in [5.41, 5.74) is 2.49. The topological polar surface area (TPSA) is 4.93 Å². The lowest BCUT2D eigenvalue weighted by Crippen LogP contribution is -1.89. The molecule has 1 rings (SSSR count). The Morgan fingerprint density at radius 1 is 1.44 bits per heavy atom. The zero-order valence-electron chi connectivity index (χ0n) is 5.90. The third-order valence-corrected chi connectivity index (χ3v) is 2.09. The molecule has 0 aliphatic heterocycles. The first kappa shape index (κ1) is 6.69. The zero-order chi connectivity index (χ0) is 7.02. The summed E-state index contributed by atoms with van der Waals surface area (Å²) in [5.74, 6) is 0. The van der Waals surface area contributed by atoms with Crippen molar-refractivity contribution < 1.29 is 0 Å². The maximum Gasteiger partial charge on any atom is 0.109 e. The molecule has 2 heteroatoms. The molecule has 0 aliphatic rings. The highest BCUT2D eigenvalue weighted by Gasteiger charge is 2.00. The van der Waals surface area contributed by atoms with Crippen molar-refractivity contribution in [3.05, 3.63) is 22.5 Å². The minimum atomic E-state index is 0.810. The van der Waals surface area contributed by atoms with Gasteiger partial charge in [-0.1, -0.05) is 11.6 Å². The van der Waals surface area contributed by atoms with Crippen molar-refractivity contribution in [1.82, 2.24) is 4.57 Å². The van der Waals surface area contributed by atoms with Crippen LogP contribution in [0, 0.1) is 13.8 Å². The van der Waals surface area contributed by atoms with Gasteiger partial charge in [0.15, 0.2) is 0 Å². The van der Waals surface area contributed by atoms with E-state index in [0.717, 1.165) is 5.15 Å². The van der Waals surface area contributed by atoms with Gasteiger partial charge in [0, 0.05) is 12.7 Å². The van der Waals surface area contributed by atoms with Gasteiger partial charge in [-0.3, -0.25) is 0 Å². The average Bonchev–Trinajstić information content (AvgIpc) is 1.98. The van der Waals surface area contributed by atoms with E-state index in [-0.39, 0.29) is 0 Å². The smallest absolute Gasteiger partial charge is 0.109 e. The van der Waals surface area contributed by atoms with Crippen LogP contribution in [0.3, 0.4) is 0 Å². The molecule has 0 saturated carbocycles. The van der Waals surface area contributed by atoms with Gasteiger partial charge in [0.25, 0.3) is 0 Å². The fourth-order valence-corrected chi connectivity index (χ4v) is 1.10. The Bertz CT molecular complexity index is 203. The van der Waals surface area contributed by atoms with Gasteiger partial charge >= 0.3 is 0 Å². The van der Waals surface area contributed by atoms with Crippen molar-refractivity contribution in [3.63, 3.8) is 0 Å². The molecule has 9 heavy (non-hydrogen) atoms. The molecule has 1 aromatic heterocycles.